The summed E-state index contributed by atoms with van der Waals surface area (Å²) in [6, 6.07) is 12.2. The van der Waals surface area contributed by atoms with Gasteiger partial charge in [-0.05, 0) is 37.6 Å². The molecule has 3 heteroatoms. The molecule has 2 rings (SSSR count). The van der Waals surface area contributed by atoms with Crippen molar-refractivity contribution in [3.8, 4) is 0 Å². The Hall–Kier alpha value is -1.12. The number of anilines is 1. The Balaban J connectivity index is 2.13. The Morgan fingerprint density at radius 3 is 2.39 bits per heavy atom. The Morgan fingerprint density at radius 2 is 1.72 bits per heavy atom. The maximum Gasteiger partial charge on any atom is 0.0543 e. The van der Waals surface area contributed by atoms with E-state index in [0.29, 0.717) is 0 Å². The molecule has 0 fully saturated rings. The fourth-order valence-corrected chi connectivity index (χ4v) is 3.14. The van der Waals surface area contributed by atoms with Crippen LogP contribution in [0.5, 0.6) is 0 Å². The average molecular weight is 278 g/mol. The van der Waals surface area contributed by atoms with Crippen LogP contribution in [0.25, 0.3) is 0 Å². The quantitative estimate of drug-likeness (QED) is 0.642. The predicted molar refractivity (Wildman–Crippen MR) is 81.3 cm³/mol. The van der Waals surface area contributed by atoms with Gasteiger partial charge in [0.2, 0.25) is 0 Å². The molecule has 0 radical (unpaired) electrons. The van der Waals surface area contributed by atoms with Crippen LogP contribution in [0.4, 0.5) is 5.69 Å². The first kappa shape index (κ1) is 13.3. The number of hydrogen-bond acceptors (Lipinski definition) is 2. The van der Waals surface area contributed by atoms with Gasteiger partial charge in [0.15, 0.2) is 0 Å². The molecular weight excluding hydrogens is 262 g/mol. The lowest BCUT2D eigenvalue weighted by atomic mass is 10.1. The largest absolute Gasteiger partial charge is 0.399 e. The van der Waals surface area contributed by atoms with Gasteiger partial charge in [-0.15, -0.1) is 11.8 Å². The van der Waals surface area contributed by atoms with Crippen LogP contribution >= 0.6 is 23.4 Å². The van der Waals surface area contributed by atoms with Crippen molar-refractivity contribution in [2.24, 2.45) is 0 Å². The highest BCUT2D eigenvalue weighted by Crippen LogP contribution is 2.31. The van der Waals surface area contributed by atoms with Gasteiger partial charge in [0.25, 0.3) is 0 Å². The van der Waals surface area contributed by atoms with E-state index in [1.807, 2.05) is 18.2 Å². The Kier molecular flexibility index (Phi) is 4.20. The van der Waals surface area contributed by atoms with E-state index in [1.165, 1.54) is 16.7 Å². The minimum atomic E-state index is 0.752. The van der Waals surface area contributed by atoms with E-state index in [9.17, 15) is 0 Å². The molecule has 18 heavy (non-hydrogen) atoms. The number of nitrogens with two attached hydrogens (primary N) is 1. The van der Waals surface area contributed by atoms with Gasteiger partial charge in [-0.2, -0.15) is 0 Å². The molecule has 1 nitrogen and oxygen atoms in total. The second-order valence-corrected chi connectivity index (χ2v) is 5.90. The highest BCUT2D eigenvalue weighted by molar-refractivity contribution is 7.98. The normalized spacial score (nSPS) is 10.6. The Morgan fingerprint density at radius 1 is 1.06 bits per heavy atom. The van der Waals surface area contributed by atoms with E-state index in [2.05, 4.69) is 32.0 Å². The molecule has 0 unspecified atom stereocenters. The number of benzene rings is 2. The lowest BCUT2D eigenvalue weighted by molar-refractivity contribution is 1.29. The molecule has 94 valence electrons. The first-order chi connectivity index (χ1) is 8.54. The summed E-state index contributed by atoms with van der Waals surface area (Å²) < 4.78 is 0. The minimum absolute atomic E-state index is 0.752. The van der Waals surface area contributed by atoms with Gasteiger partial charge in [-0.25, -0.2) is 0 Å². The summed E-state index contributed by atoms with van der Waals surface area (Å²) in [5.41, 5.74) is 10.4. The van der Waals surface area contributed by atoms with Crippen LogP contribution in [0, 0.1) is 13.8 Å². The summed E-state index contributed by atoms with van der Waals surface area (Å²) in [5, 5.41) is 0.763. The molecule has 2 aromatic rings. The van der Waals surface area contributed by atoms with Crippen molar-refractivity contribution in [2.45, 2.75) is 24.5 Å². The van der Waals surface area contributed by atoms with Crippen molar-refractivity contribution >= 4 is 29.1 Å². The lowest BCUT2D eigenvalue weighted by Gasteiger charge is -2.07. The zero-order valence-electron chi connectivity index (χ0n) is 10.5. The number of nitrogen functional groups attached to an aromatic ring is 1. The number of halogens is 1. The van der Waals surface area contributed by atoms with E-state index in [4.69, 9.17) is 17.3 Å². The second-order valence-electron chi connectivity index (χ2n) is 4.47. The van der Waals surface area contributed by atoms with E-state index in [1.54, 1.807) is 11.8 Å². The van der Waals surface area contributed by atoms with Gasteiger partial charge >= 0.3 is 0 Å². The van der Waals surface area contributed by atoms with E-state index >= 15 is 0 Å². The maximum atomic E-state index is 6.15. The van der Waals surface area contributed by atoms with Crippen LogP contribution in [-0.2, 0) is 5.75 Å². The summed E-state index contributed by atoms with van der Waals surface area (Å²) in [6.07, 6.45) is 0. The van der Waals surface area contributed by atoms with Crippen LogP contribution in [0.15, 0.2) is 41.3 Å². The van der Waals surface area contributed by atoms with Crippen LogP contribution in [0.1, 0.15) is 16.7 Å². The second kappa shape index (κ2) is 5.68. The average Bonchev–Trinajstić information content (AvgIpc) is 2.29. The van der Waals surface area contributed by atoms with Crippen LogP contribution in [-0.4, -0.2) is 0 Å². The standard InChI is InChI=1S/C15H16ClNS/c1-10-5-11(2)7-12(6-10)9-18-15-8-13(17)3-4-14(15)16/h3-8H,9,17H2,1-2H3. The third-order valence-electron chi connectivity index (χ3n) is 2.63. The molecule has 0 heterocycles. The third kappa shape index (κ3) is 3.44. The van der Waals surface area contributed by atoms with Gasteiger partial charge in [-0.1, -0.05) is 40.9 Å². The molecule has 0 spiro atoms. The summed E-state index contributed by atoms with van der Waals surface area (Å²) in [5.74, 6) is 0.908. The smallest absolute Gasteiger partial charge is 0.0543 e. The molecule has 0 aliphatic heterocycles. The van der Waals surface area contributed by atoms with Gasteiger partial charge in [0.05, 0.1) is 5.02 Å². The zero-order valence-corrected chi connectivity index (χ0v) is 12.1. The summed E-state index contributed by atoms with van der Waals surface area (Å²) in [6.45, 7) is 4.24. The van der Waals surface area contributed by atoms with Gasteiger partial charge in [0.1, 0.15) is 0 Å². The Bertz CT molecular complexity index is 546. The summed E-state index contributed by atoms with van der Waals surface area (Å²) in [7, 11) is 0. The Labute approximate surface area is 117 Å². The molecule has 0 aliphatic rings. The van der Waals surface area contributed by atoms with E-state index in [-0.39, 0.29) is 0 Å². The highest BCUT2D eigenvalue weighted by Gasteiger charge is 2.03. The topological polar surface area (TPSA) is 26.0 Å². The predicted octanol–water partition coefficient (Wildman–Crippen LogP) is 4.83. The molecule has 2 aromatic carbocycles. The molecule has 2 N–H and O–H groups in total. The first-order valence-corrected chi connectivity index (χ1v) is 7.16. The first-order valence-electron chi connectivity index (χ1n) is 5.79. The van der Waals surface area contributed by atoms with Crippen molar-refractivity contribution in [3.63, 3.8) is 0 Å². The minimum Gasteiger partial charge on any atom is -0.399 e. The molecule has 0 bridgehead atoms. The van der Waals surface area contributed by atoms with Crippen molar-refractivity contribution in [2.75, 3.05) is 5.73 Å². The fourth-order valence-electron chi connectivity index (χ4n) is 1.94. The van der Waals surface area contributed by atoms with Gasteiger partial charge in [0, 0.05) is 16.3 Å². The van der Waals surface area contributed by atoms with Crippen LogP contribution in [0.3, 0.4) is 0 Å². The fraction of sp³-hybridized carbons (Fsp3) is 0.200. The molecule has 0 aromatic heterocycles. The molecule has 0 amide bonds. The van der Waals surface area contributed by atoms with Crippen LogP contribution < -0.4 is 5.73 Å². The van der Waals surface area contributed by atoms with E-state index < -0.39 is 0 Å². The molecule has 0 saturated carbocycles. The molecular formula is C15H16ClNS. The summed E-state index contributed by atoms with van der Waals surface area (Å²) >= 11 is 7.87. The SMILES string of the molecule is Cc1cc(C)cc(CSc2cc(N)ccc2Cl)c1. The number of thioether (sulfide) groups is 1. The van der Waals surface area contributed by atoms with Gasteiger partial charge in [-0.3, -0.25) is 0 Å². The monoisotopic (exact) mass is 277 g/mol. The van der Waals surface area contributed by atoms with Crippen molar-refractivity contribution in [3.05, 3.63) is 58.1 Å². The number of hydrogen-bond donors (Lipinski definition) is 1. The highest BCUT2D eigenvalue weighted by atomic mass is 35.5. The maximum absolute atomic E-state index is 6.15. The summed E-state index contributed by atoms with van der Waals surface area (Å²) in [4.78, 5) is 1.04. The van der Waals surface area contributed by atoms with Crippen LogP contribution in [0.2, 0.25) is 5.02 Å². The van der Waals surface area contributed by atoms with Crippen molar-refractivity contribution in [1.82, 2.24) is 0 Å². The number of rotatable bonds is 3. The number of aryl methyl sites for hydroxylation is 2. The van der Waals surface area contributed by atoms with E-state index in [0.717, 1.165) is 21.4 Å². The van der Waals surface area contributed by atoms with Crippen molar-refractivity contribution in [1.29, 1.82) is 0 Å². The third-order valence-corrected chi connectivity index (χ3v) is 4.20. The van der Waals surface area contributed by atoms with Crippen molar-refractivity contribution < 1.29 is 0 Å². The molecule has 0 aliphatic carbocycles. The molecule has 0 atom stereocenters. The zero-order chi connectivity index (χ0) is 13.1. The van der Waals surface area contributed by atoms with Gasteiger partial charge < -0.3 is 5.73 Å². The lowest BCUT2D eigenvalue weighted by Crippen LogP contribution is -1.88. The molecule has 0 saturated heterocycles.